The zero-order chi connectivity index (χ0) is 9.68. The van der Waals surface area contributed by atoms with Gasteiger partial charge in [-0.05, 0) is 12.6 Å². The van der Waals surface area contributed by atoms with E-state index < -0.39 is 0 Å². The number of aromatic nitrogens is 2. The third-order valence-electron chi connectivity index (χ3n) is 2.20. The molecule has 0 unspecified atom stereocenters. The molecule has 0 aliphatic heterocycles. The molecule has 74 valence electrons. The third kappa shape index (κ3) is 2.82. The van der Waals surface area contributed by atoms with E-state index in [4.69, 9.17) is 5.73 Å². The van der Waals surface area contributed by atoms with Gasteiger partial charge in [-0.25, -0.2) is 0 Å². The first-order chi connectivity index (χ1) is 6.27. The van der Waals surface area contributed by atoms with Crippen molar-refractivity contribution in [2.24, 2.45) is 12.8 Å². The second kappa shape index (κ2) is 4.99. The summed E-state index contributed by atoms with van der Waals surface area (Å²) in [5, 5.41) is 4.12. The van der Waals surface area contributed by atoms with Crippen LogP contribution in [-0.4, -0.2) is 34.3 Å². The van der Waals surface area contributed by atoms with Crippen LogP contribution in [0.15, 0.2) is 12.3 Å². The molecule has 0 bridgehead atoms. The largest absolute Gasteiger partial charge is 0.329 e. The SMILES string of the molecule is CCN(CCN)Cc1ccnn1C. The minimum atomic E-state index is 0.714. The Hall–Kier alpha value is -0.870. The summed E-state index contributed by atoms with van der Waals surface area (Å²) in [6, 6.07) is 2.04. The topological polar surface area (TPSA) is 47.1 Å². The molecule has 0 saturated heterocycles. The highest BCUT2D eigenvalue weighted by atomic mass is 15.3. The van der Waals surface area contributed by atoms with Gasteiger partial charge in [0, 0.05) is 32.9 Å². The fourth-order valence-corrected chi connectivity index (χ4v) is 1.32. The van der Waals surface area contributed by atoms with Gasteiger partial charge in [0.1, 0.15) is 0 Å². The Kier molecular flexibility index (Phi) is 3.92. The van der Waals surface area contributed by atoms with Crippen LogP contribution in [0.1, 0.15) is 12.6 Å². The van der Waals surface area contributed by atoms with Gasteiger partial charge in [0.15, 0.2) is 0 Å². The van der Waals surface area contributed by atoms with Crippen LogP contribution >= 0.6 is 0 Å². The van der Waals surface area contributed by atoms with E-state index in [1.165, 1.54) is 5.69 Å². The molecule has 0 fully saturated rings. The highest BCUT2D eigenvalue weighted by Crippen LogP contribution is 2.01. The zero-order valence-electron chi connectivity index (χ0n) is 8.40. The fraction of sp³-hybridized carbons (Fsp3) is 0.667. The Bertz CT molecular complexity index is 244. The van der Waals surface area contributed by atoms with Gasteiger partial charge in [0.05, 0.1) is 5.69 Å². The van der Waals surface area contributed by atoms with Crippen molar-refractivity contribution in [2.45, 2.75) is 13.5 Å². The molecular formula is C9H18N4. The van der Waals surface area contributed by atoms with E-state index in [0.29, 0.717) is 6.54 Å². The molecule has 4 nitrogen and oxygen atoms in total. The standard InChI is InChI=1S/C9H18N4/c1-3-13(7-5-10)8-9-4-6-11-12(9)2/h4,6H,3,5,7-8,10H2,1-2H3. The first-order valence-corrected chi connectivity index (χ1v) is 4.67. The lowest BCUT2D eigenvalue weighted by Gasteiger charge is -2.18. The first kappa shape index (κ1) is 10.2. The third-order valence-corrected chi connectivity index (χ3v) is 2.20. The molecule has 4 heteroatoms. The molecule has 2 N–H and O–H groups in total. The predicted octanol–water partition coefficient (Wildman–Crippen LogP) is 0.201. The molecule has 1 heterocycles. The molecular weight excluding hydrogens is 164 g/mol. The maximum atomic E-state index is 5.51. The van der Waals surface area contributed by atoms with Crippen LogP contribution in [-0.2, 0) is 13.6 Å². The van der Waals surface area contributed by atoms with E-state index in [1.807, 2.05) is 24.0 Å². The van der Waals surface area contributed by atoms with Crippen LogP contribution in [0.25, 0.3) is 0 Å². The summed E-state index contributed by atoms with van der Waals surface area (Å²) in [6.45, 7) is 5.77. The lowest BCUT2D eigenvalue weighted by atomic mass is 10.3. The van der Waals surface area contributed by atoms with E-state index in [9.17, 15) is 0 Å². The van der Waals surface area contributed by atoms with Gasteiger partial charge in [-0.2, -0.15) is 5.10 Å². The molecule has 0 aliphatic carbocycles. The molecule has 0 radical (unpaired) electrons. The van der Waals surface area contributed by atoms with Crippen molar-refractivity contribution in [2.75, 3.05) is 19.6 Å². The van der Waals surface area contributed by atoms with Gasteiger partial charge >= 0.3 is 0 Å². The van der Waals surface area contributed by atoms with Gasteiger partial charge in [0.2, 0.25) is 0 Å². The van der Waals surface area contributed by atoms with Crippen molar-refractivity contribution >= 4 is 0 Å². The van der Waals surface area contributed by atoms with Crippen molar-refractivity contribution in [1.29, 1.82) is 0 Å². The molecule has 0 amide bonds. The van der Waals surface area contributed by atoms with E-state index in [2.05, 4.69) is 16.9 Å². The van der Waals surface area contributed by atoms with Crippen LogP contribution in [0.2, 0.25) is 0 Å². The maximum absolute atomic E-state index is 5.51. The molecule has 13 heavy (non-hydrogen) atoms. The summed E-state index contributed by atoms with van der Waals surface area (Å²) in [7, 11) is 1.96. The van der Waals surface area contributed by atoms with Crippen molar-refractivity contribution in [3.8, 4) is 0 Å². The first-order valence-electron chi connectivity index (χ1n) is 4.67. The molecule has 1 aromatic heterocycles. The van der Waals surface area contributed by atoms with E-state index in [-0.39, 0.29) is 0 Å². The average Bonchev–Trinajstić information content (AvgIpc) is 2.51. The number of nitrogens with zero attached hydrogens (tertiary/aromatic N) is 3. The second-order valence-electron chi connectivity index (χ2n) is 3.10. The second-order valence-corrected chi connectivity index (χ2v) is 3.10. The van der Waals surface area contributed by atoms with Crippen molar-refractivity contribution in [3.05, 3.63) is 18.0 Å². The number of rotatable bonds is 5. The van der Waals surface area contributed by atoms with Crippen LogP contribution in [0.3, 0.4) is 0 Å². The van der Waals surface area contributed by atoms with Crippen molar-refractivity contribution in [3.63, 3.8) is 0 Å². The number of hydrogen-bond donors (Lipinski definition) is 1. The highest BCUT2D eigenvalue weighted by molar-refractivity contribution is 4.99. The minimum absolute atomic E-state index is 0.714. The predicted molar refractivity (Wildman–Crippen MR) is 53.2 cm³/mol. The highest BCUT2D eigenvalue weighted by Gasteiger charge is 2.04. The summed E-state index contributed by atoms with van der Waals surface area (Å²) in [5.74, 6) is 0. The molecule has 0 atom stereocenters. The molecule has 1 aromatic rings. The monoisotopic (exact) mass is 182 g/mol. The number of hydrogen-bond acceptors (Lipinski definition) is 3. The van der Waals surface area contributed by atoms with E-state index in [0.717, 1.165) is 19.6 Å². The molecule has 0 saturated carbocycles. The van der Waals surface area contributed by atoms with E-state index >= 15 is 0 Å². The van der Waals surface area contributed by atoms with Gasteiger partial charge in [-0.15, -0.1) is 0 Å². The molecule has 0 aliphatic rings. The summed E-state index contributed by atoms with van der Waals surface area (Å²) < 4.78 is 1.90. The summed E-state index contributed by atoms with van der Waals surface area (Å²) in [5.41, 5.74) is 6.74. The van der Waals surface area contributed by atoms with Crippen LogP contribution in [0.5, 0.6) is 0 Å². The Morgan fingerprint density at radius 1 is 1.62 bits per heavy atom. The molecule has 1 rings (SSSR count). The summed E-state index contributed by atoms with van der Waals surface area (Å²) >= 11 is 0. The normalized spacial score (nSPS) is 11.1. The van der Waals surface area contributed by atoms with Crippen molar-refractivity contribution < 1.29 is 0 Å². The Morgan fingerprint density at radius 2 is 2.38 bits per heavy atom. The lowest BCUT2D eigenvalue weighted by molar-refractivity contribution is 0.280. The van der Waals surface area contributed by atoms with Crippen LogP contribution < -0.4 is 5.73 Å². The molecule has 0 spiro atoms. The van der Waals surface area contributed by atoms with Gasteiger partial charge in [-0.1, -0.05) is 6.92 Å². The fourth-order valence-electron chi connectivity index (χ4n) is 1.32. The number of aryl methyl sites for hydroxylation is 1. The molecule has 0 aromatic carbocycles. The maximum Gasteiger partial charge on any atom is 0.0521 e. The summed E-state index contributed by atoms with van der Waals surface area (Å²) in [4.78, 5) is 2.30. The van der Waals surface area contributed by atoms with Gasteiger partial charge in [0.25, 0.3) is 0 Å². The zero-order valence-corrected chi connectivity index (χ0v) is 8.40. The smallest absolute Gasteiger partial charge is 0.0521 e. The van der Waals surface area contributed by atoms with Crippen molar-refractivity contribution in [1.82, 2.24) is 14.7 Å². The van der Waals surface area contributed by atoms with Gasteiger partial charge < -0.3 is 5.73 Å². The number of nitrogens with two attached hydrogens (primary N) is 1. The van der Waals surface area contributed by atoms with Crippen LogP contribution in [0, 0.1) is 0 Å². The van der Waals surface area contributed by atoms with Crippen LogP contribution in [0.4, 0.5) is 0 Å². The quantitative estimate of drug-likeness (QED) is 0.707. The van der Waals surface area contributed by atoms with Gasteiger partial charge in [-0.3, -0.25) is 9.58 Å². The summed E-state index contributed by atoms with van der Waals surface area (Å²) in [6.07, 6.45) is 1.83. The van der Waals surface area contributed by atoms with E-state index in [1.54, 1.807) is 0 Å². The number of likely N-dealkylation sites (N-methyl/N-ethyl adjacent to an activating group) is 1. The Balaban J connectivity index is 2.51. The minimum Gasteiger partial charge on any atom is -0.329 e. The average molecular weight is 182 g/mol. The Labute approximate surface area is 79.3 Å². The lowest BCUT2D eigenvalue weighted by Crippen LogP contribution is -2.29. The Morgan fingerprint density at radius 3 is 2.85 bits per heavy atom.